The maximum atomic E-state index is 12.2. The molecule has 2 N–H and O–H groups in total. The Balaban J connectivity index is 0.00000176. The van der Waals surface area contributed by atoms with Gasteiger partial charge in [0.25, 0.3) is 0 Å². The monoisotopic (exact) mass is 360 g/mol. The lowest BCUT2D eigenvalue weighted by atomic mass is 10.1. The number of carbonyl (C=O) groups is 1. The summed E-state index contributed by atoms with van der Waals surface area (Å²) in [7, 11) is 0. The van der Waals surface area contributed by atoms with E-state index >= 15 is 0 Å². The van der Waals surface area contributed by atoms with Gasteiger partial charge in [-0.25, -0.2) is 0 Å². The molecule has 1 saturated carbocycles. The average Bonchev–Trinajstić information content (AvgIpc) is 3.26. The summed E-state index contributed by atoms with van der Waals surface area (Å²) in [5, 5.41) is 7.59. The summed E-state index contributed by atoms with van der Waals surface area (Å²) in [6, 6.07) is 5.50. The normalized spacial score (nSPS) is 23.3. The first-order valence-electron chi connectivity index (χ1n) is 7.26. The summed E-state index contributed by atoms with van der Waals surface area (Å²) in [5.41, 5.74) is 2.34. The van der Waals surface area contributed by atoms with E-state index in [1.165, 1.54) is 5.57 Å². The Morgan fingerprint density at radius 2 is 2.18 bits per heavy atom. The minimum atomic E-state index is 0. The first kappa shape index (κ1) is 17.6. The summed E-state index contributed by atoms with van der Waals surface area (Å²) in [6.07, 6.45) is 4.04. The van der Waals surface area contributed by atoms with Crippen LogP contribution < -0.4 is 10.6 Å². The van der Waals surface area contributed by atoms with E-state index in [1.54, 1.807) is 6.07 Å². The molecule has 2 atom stereocenters. The predicted molar refractivity (Wildman–Crippen MR) is 93.1 cm³/mol. The molecule has 6 heteroatoms. The van der Waals surface area contributed by atoms with Crippen molar-refractivity contribution in [1.82, 2.24) is 10.6 Å². The van der Waals surface area contributed by atoms with Crippen molar-refractivity contribution in [3.63, 3.8) is 0 Å². The van der Waals surface area contributed by atoms with Crippen LogP contribution in [0.25, 0.3) is 0 Å². The maximum absolute atomic E-state index is 12.2. The topological polar surface area (TPSA) is 41.1 Å². The molecule has 0 radical (unpaired) electrons. The molecule has 1 amide bonds. The molecular formula is C16H19Cl3N2O. The second kappa shape index (κ2) is 7.69. The second-order valence-electron chi connectivity index (χ2n) is 5.65. The Morgan fingerprint density at radius 3 is 2.86 bits per heavy atom. The number of hydrogen-bond acceptors (Lipinski definition) is 2. The first-order chi connectivity index (χ1) is 10.1. The number of amides is 1. The van der Waals surface area contributed by atoms with Crippen LogP contribution in [0.2, 0.25) is 10.0 Å². The molecule has 1 fully saturated rings. The minimum absolute atomic E-state index is 0. The van der Waals surface area contributed by atoms with Crippen molar-refractivity contribution in [3.05, 3.63) is 45.5 Å². The number of rotatable bonds is 4. The van der Waals surface area contributed by atoms with Crippen LogP contribution in [0.3, 0.4) is 0 Å². The quantitative estimate of drug-likeness (QED) is 0.805. The highest BCUT2D eigenvalue weighted by molar-refractivity contribution is 6.35. The van der Waals surface area contributed by atoms with Crippen molar-refractivity contribution in [2.24, 2.45) is 5.92 Å². The molecule has 1 aromatic rings. The lowest BCUT2D eigenvalue weighted by Crippen LogP contribution is -2.30. The third kappa shape index (κ3) is 4.17. The van der Waals surface area contributed by atoms with Crippen molar-refractivity contribution in [2.75, 3.05) is 19.6 Å². The van der Waals surface area contributed by atoms with E-state index < -0.39 is 0 Å². The standard InChI is InChI=1S/C16H18Cl2N2O.ClH/c17-11-1-2-12(15(18)7-11)13-8-14(13)16(21)20-9-10-3-5-19-6-4-10;/h1-3,7,13-14,19H,4-6,8-9H2,(H,20,21);1H. The molecule has 3 nitrogen and oxygen atoms in total. The molecular weight excluding hydrogens is 343 g/mol. The van der Waals surface area contributed by atoms with Gasteiger partial charge in [-0.1, -0.05) is 40.9 Å². The molecule has 0 bridgehead atoms. The molecule has 2 unspecified atom stereocenters. The third-order valence-corrected chi connectivity index (χ3v) is 4.70. The molecule has 0 spiro atoms. The van der Waals surface area contributed by atoms with Crippen molar-refractivity contribution in [3.8, 4) is 0 Å². The van der Waals surface area contributed by atoms with Crippen LogP contribution in [-0.2, 0) is 4.79 Å². The summed E-state index contributed by atoms with van der Waals surface area (Å²) >= 11 is 12.1. The zero-order chi connectivity index (χ0) is 14.8. The highest BCUT2D eigenvalue weighted by Gasteiger charge is 2.44. The van der Waals surface area contributed by atoms with E-state index in [-0.39, 0.29) is 30.2 Å². The summed E-state index contributed by atoms with van der Waals surface area (Å²) < 4.78 is 0. The Kier molecular flexibility index (Phi) is 6.16. The van der Waals surface area contributed by atoms with Gasteiger partial charge in [-0.3, -0.25) is 4.79 Å². The van der Waals surface area contributed by atoms with Gasteiger partial charge in [0.2, 0.25) is 5.91 Å². The summed E-state index contributed by atoms with van der Waals surface area (Å²) in [5.74, 6) is 0.410. The zero-order valence-electron chi connectivity index (χ0n) is 12.1. The van der Waals surface area contributed by atoms with Gasteiger partial charge in [0.05, 0.1) is 0 Å². The molecule has 1 aliphatic carbocycles. The van der Waals surface area contributed by atoms with Gasteiger partial charge < -0.3 is 10.6 Å². The molecule has 1 aromatic carbocycles. The van der Waals surface area contributed by atoms with Gasteiger partial charge >= 0.3 is 0 Å². The van der Waals surface area contributed by atoms with Gasteiger partial charge in [0.1, 0.15) is 0 Å². The fourth-order valence-electron chi connectivity index (χ4n) is 2.79. The largest absolute Gasteiger partial charge is 0.352 e. The van der Waals surface area contributed by atoms with Crippen molar-refractivity contribution in [2.45, 2.75) is 18.8 Å². The fraction of sp³-hybridized carbons (Fsp3) is 0.438. The van der Waals surface area contributed by atoms with Gasteiger partial charge in [-0.2, -0.15) is 0 Å². The Labute approximate surface area is 146 Å². The van der Waals surface area contributed by atoms with Gasteiger partial charge in [-0.15, -0.1) is 12.4 Å². The molecule has 0 saturated heterocycles. The van der Waals surface area contributed by atoms with Crippen LogP contribution in [0.1, 0.15) is 24.3 Å². The molecule has 1 aliphatic heterocycles. The highest BCUT2D eigenvalue weighted by atomic mass is 35.5. The van der Waals surface area contributed by atoms with E-state index in [1.807, 2.05) is 12.1 Å². The van der Waals surface area contributed by atoms with Crippen molar-refractivity contribution < 1.29 is 4.79 Å². The van der Waals surface area contributed by atoms with Crippen LogP contribution in [0, 0.1) is 5.92 Å². The van der Waals surface area contributed by atoms with Crippen molar-refractivity contribution in [1.29, 1.82) is 0 Å². The van der Waals surface area contributed by atoms with E-state index in [0.717, 1.165) is 31.5 Å². The van der Waals surface area contributed by atoms with Crippen molar-refractivity contribution >= 4 is 41.5 Å². The van der Waals surface area contributed by atoms with Crippen LogP contribution in [-0.4, -0.2) is 25.5 Å². The number of nitrogens with one attached hydrogen (secondary N) is 2. The molecule has 120 valence electrons. The average molecular weight is 362 g/mol. The number of halogens is 3. The third-order valence-electron chi connectivity index (χ3n) is 4.14. The van der Waals surface area contributed by atoms with E-state index in [9.17, 15) is 4.79 Å². The van der Waals surface area contributed by atoms with E-state index in [0.29, 0.717) is 16.6 Å². The van der Waals surface area contributed by atoms with Gasteiger partial charge in [0.15, 0.2) is 0 Å². The molecule has 3 rings (SSSR count). The zero-order valence-corrected chi connectivity index (χ0v) is 14.4. The molecule has 1 heterocycles. The van der Waals surface area contributed by atoms with E-state index in [2.05, 4.69) is 16.7 Å². The number of carbonyl (C=O) groups excluding carboxylic acids is 1. The Bertz CT molecular complexity index is 589. The smallest absolute Gasteiger partial charge is 0.224 e. The van der Waals surface area contributed by atoms with Gasteiger partial charge in [-0.05, 0) is 43.0 Å². The lowest BCUT2D eigenvalue weighted by Gasteiger charge is -2.14. The Hall–Kier alpha value is -0.740. The second-order valence-corrected chi connectivity index (χ2v) is 6.49. The van der Waals surface area contributed by atoms with Crippen LogP contribution in [0.4, 0.5) is 0 Å². The van der Waals surface area contributed by atoms with Crippen LogP contribution in [0.15, 0.2) is 29.8 Å². The van der Waals surface area contributed by atoms with Crippen LogP contribution >= 0.6 is 35.6 Å². The van der Waals surface area contributed by atoms with E-state index in [4.69, 9.17) is 23.2 Å². The van der Waals surface area contributed by atoms with Gasteiger partial charge in [0, 0.05) is 29.1 Å². The fourth-order valence-corrected chi connectivity index (χ4v) is 3.34. The number of benzene rings is 1. The molecule has 2 aliphatic rings. The summed E-state index contributed by atoms with van der Waals surface area (Å²) in [4.78, 5) is 12.2. The molecule has 22 heavy (non-hydrogen) atoms. The minimum Gasteiger partial charge on any atom is -0.352 e. The van der Waals surface area contributed by atoms with Crippen LogP contribution in [0.5, 0.6) is 0 Å². The Morgan fingerprint density at radius 1 is 1.36 bits per heavy atom. The first-order valence-corrected chi connectivity index (χ1v) is 8.02. The lowest BCUT2D eigenvalue weighted by molar-refractivity contribution is -0.122. The SMILES string of the molecule is Cl.O=C(NCC1=CCNCC1)C1CC1c1ccc(Cl)cc1Cl. The summed E-state index contributed by atoms with van der Waals surface area (Å²) in [6.45, 7) is 2.56. The number of hydrogen-bond donors (Lipinski definition) is 2. The highest BCUT2D eigenvalue weighted by Crippen LogP contribution is 2.50. The predicted octanol–water partition coefficient (Wildman–Crippen LogP) is 3.55. The maximum Gasteiger partial charge on any atom is 0.224 e. The molecule has 0 aromatic heterocycles.